The number of nitrogens with zero attached hydrogens (tertiary/aromatic N) is 4. The first-order valence-corrected chi connectivity index (χ1v) is 10.3. The van der Waals surface area contributed by atoms with E-state index in [1.165, 1.54) is 11.2 Å². The number of ether oxygens (including phenoxy) is 1. The minimum absolute atomic E-state index is 0.139. The molecule has 9 nitrogen and oxygen atoms in total. The van der Waals surface area contributed by atoms with Gasteiger partial charge in [-0.25, -0.2) is 4.98 Å². The minimum atomic E-state index is -0.349. The number of rotatable bonds is 3. The Morgan fingerprint density at radius 1 is 0.938 bits per heavy atom. The van der Waals surface area contributed by atoms with Crippen molar-refractivity contribution in [3.63, 3.8) is 0 Å². The van der Waals surface area contributed by atoms with Gasteiger partial charge in [0, 0.05) is 32.4 Å². The number of carbonyl (C=O) groups is 3. The molecule has 0 unspecified atom stereocenters. The lowest BCUT2D eigenvalue weighted by Crippen LogP contribution is -2.53. The molecule has 32 heavy (non-hydrogen) atoms. The molecule has 5 rings (SSSR count). The maximum atomic E-state index is 13.3. The molecule has 3 amide bonds. The molecule has 0 spiro atoms. The minimum Gasteiger partial charge on any atom is -0.459 e. The van der Waals surface area contributed by atoms with Gasteiger partial charge in [-0.3, -0.25) is 19.3 Å². The number of carbonyl (C=O) groups excluding carboxylic acids is 3. The van der Waals surface area contributed by atoms with Crippen LogP contribution >= 0.6 is 0 Å². The third-order valence-electron chi connectivity index (χ3n) is 5.55. The Bertz CT molecular complexity index is 1170. The van der Waals surface area contributed by atoms with Crippen LogP contribution in [0.2, 0.25) is 0 Å². The Labute approximate surface area is 183 Å². The van der Waals surface area contributed by atoms with Crippen LogP contribution in [0, 0.1) is 0 Å². The van der Waals surface area contributed by atoms with Crippen molar-refractivity contribution in [2.24, 2.45) is 0 Å². The van der Waals surface area contributed by atoms with E-state index in [4.69, 9.17) is 9.15 Å². The highest BCUT2D eigenvalue weighted by Crippen LogP contribution is 2.37. The molecule has 1 saturated heterocycles. The summed E-state index contributed by atoms with van der Waals surface area (Å²) in [4.78, 5) is 47.7. The Morgan fingerprint density at radius 3 is 2.50 bits per heavy atom. The van der Waals surface area contributed by atoms with E-state index in [1.807, 2.05) is 0 Å². The molecular weight excluding hydrogens is 412 g/mol. The zero-order valence-corrected chi connectivity index (χ0v) is 17.1. The Hall–Kier alpha value is -4.14. The predicted molar refractivity (Wildman–Crippen MR) is 114 cm³/mol. The summed E-state index contributed by atoms with van der Waals surface area (Å²) in [5.74, 6) is 0.206. The Balaban J connectivity index is 1.32. The first-order valence-electron chi connectivity index (χ1n) is 10.3. The second kappa shape index (κ2) is 8.18. The highest BCUT2D eigenvalue weighted by atomic mass is 16.5. The van der Waals surface area contributed by atoms with Crippen molar-refractivity contribution in [3.05, 3.63) is 72.3 Å². The summed E-state index contributed by atoms with van der Waals surface area (Å²) >= 11 is 0. The molecule has 9 heteroatoms. The highest BCUT2D eigenvalue weighted by molar-refractivity contribution is 6.11. The predicted octanol–water partition coefficient (Wildman–Crippen LogP) is 2.41. The smallest absolute Gasteiger partial charge is 0.289 e. The van der Waals surface area contributed by atoms with Gasteiger partial charge >= 0.3 is 0 Å². The first-order chi connectivity index (χ1) is 15.6. The molecule has 1 fully saturated rings. The summed E-state index contributed by atoms with van der Waals surface area (Å²) in [5, 5.41) is 0. The van der Waals surface area contributed by atoms with Crippen LogP contribution in [-0.4, -0.2) is 65.2 Å². The quantitative estimate of drug-likeness (QED) is 0.631. The number of aromatic nitrogens is 1. The standard InChI is InChI=1S/C23H20N4O5/c28-20(25-10-12-26(13-11-25)23(30)19-8-4-14-31-19)15-27-17-6-1-2-7-18(17)32-21-16(22(27)29)5-3-9-24-21/h1-9,14H,10-13,15H2. The molecule has 162 valence electrons. The van der Waals surface area contributed by atoms with Gasteiger partial charge in [-0.1, -0.05) is 12.1 Å². The molecule has 2 aliphatic heterocycles. The molecule has 0 N–H and O–H groups in total. The number of hydrogen-bond donors (Lipinski definition) is 0. The first kappa shape index (κ1) is 19.8. The fraction of sp³-hybridized carbons (Fsp3) is 0.217. The molecule has 0 aliphatic carbocycles. The zero-order valence-electron chi connectivity index (χ0n) is 17.1. The van der Waals surface area contributed by atoms with E-state index in [9.17, 15) is 14.4 Å². The highest BCUT2D eigenvalue weighted by Gasteiger charge is 2.32. The summed E-state index contributed by atoms with van der Waals surface area (Å²) in [6, 6.07) is 13.6. The fourth-order valence-electron chi connectivity index (χ4n) is 3.87. The number of piperazine rings is 1. The van der Waals surface area contributed by atoms with Crippen molar-refractivity contribution in [2.75, 3.05) is 37.6 Å². The molecule has 0 radical (unpaired) electrons. The van der Waals surface area contributed by atoms with Gasteiger partial charge in [0.25, 0.3) is 11.8 Å². The molecule has 0 bridgehead atoms. The monoisotopic (exact) mass is 432 g/mol. The SMILES string of the molecule is O=C(CN1C(=O)c2cccnc2Oc2ccccc21)N1CCN(C(=O)c2ccco2)CC1. The lowest BCUT2D eigenvalue weighted by Gasteiger charge is -2.35. The van der Waals surface area contributed by atoms with Gasteiger partial charge in [0.2, 0.25) is 11.8 Å². The number of pyridine rings is 1. The van der Waals surface area contributed by atoms with Crippen molar-refractivity contribution in [2.45, 2.75) is 0 Å². The van der Waals surface area contributed by atoms with Crippen LogP contribution in [0.4, 0.5) is 5.69 Å². The van der Waals surface area contributed by atoms with Crippen molar-refractivity contribution in [3.8, 4) is 11.6 Å². The van der Waals surface area contributed by atoms with Crippen molar-refractivity contribution in [1.29, 1.82) is 0 Å². The summed E-state index contributed by atoms with van der Waals surface area (Å²) < 4.78 is 11.0. The molecule has 4 heterocycles. The van der Waals surface area contributed by atoms with Gasteiger partial charge < -0.3 is 19.0 Å². The summed E-state index contributed by atoms with van der Waals surface area (Å²) in [5.41, 5.74) is 0.806. The van der Waals surface area contributed by atoms with Crippen LogP contribution < -0.4 is 9.64 Å². The summed E-state index contributed by atoms with van der Waals surface area (Å²) in [7, 11) is 0. The van der Waals surface area contributed by atoms with Gasteiger partial charge in [-0.05, 0) is 36.4 Å². The third-order valence-corrected chi connectivity index (χ3v) is 5.55. The fourth-order valence-corrected chi connectivity index (χ4v) is 3.87. The maximum Gasteiger partial charge on any atom is 0.289 e. The zero-order chi connectivity index (χ0) is 22.1. The largest absolute Gasteiger partial charge is 0.459 e. The summed E-state index contributed by atoms with van der Waals surface area (Å²) in [6.07, 6.45) is 3.01. The van der Waals surface area contributed by atoms with Crippen molar-refractivity contribution in [1.82, 2.24) is 14.8 Å². The number of anilines is 1. The summed E-state index contributed by atoms with van der Waals surface area (Å²) in [6.45, 7) is 1.41. The van der Waals surface area contributed by atoms with Gasteiger partial charge in [-0.15, -0.1) is 0 Å². The molecule has 2 aromatic heterocycles. The van der Waals surface area contributed by atoms with Crippen LogP contribution in [0.3, 0.4) is 0 Å². The number of benzene rings is 1. The number of fused-ring (bicyclic) bond motifs is 2. The molecule has 1 aromatic carbocycles. The van der Waals surface area contributed by atoms with Gasteiger partial charge in [0.15, 0.2) is 11.5 Å². The lowest BCUT2D eigenvalue weighted by molar-refractivity contribution is -0.131. The van der Waals surface area contributed by atoms with E-state index in [1.54, 1.807) is 64.5 Å². The van der Waals surface area contributed by atoms with E-state index in [2.05, 4.69) is 4.98 Å². The van der Waals surface area contributed by atoms with Crippen LogP contribution in [0.25, 0.3) is 0 Å². The maximum absolute atomic E-state index is 13.3. The van der Waals surface area contributed by atoms with Crippen LogP contribution in [0.1, 0.15) is 20.9 Å². The molecular formula is C23H20N4O5. The van der Waals surface area contributed by atoms with Crippen LogP contribution in [0.5, 0.6) is 11.6 Å². The second-order valence-corrected chi connectivity index (χ2v) is 7.47. The van der Waals surface area contributed by atoms with Crippen molar-refractivity contribution < 1.29 is 23.5 Å². The number of hydrogen-bond acceptors (Lipinski definition) is 6. The van der Waals surface area contributed by atoms with E-state index in [-0.39, 0.29) is 35.9 Å². The van der Waals surface area contributed by atoms with E-state index in [0.29, 0.717) is 43.2 Å². The second-order valence-electron chi connectivity index (χ2n) is 7.47. The van der Waals surface area contributed by atoms with Crippen LogP contribution in [-0.2, 0) is 4.79 Å². The van der Waals surface area contributed by atoms with Gasteiger partial charge in [0.05, 0.1) is 12.0 Å². The average Bonchev–Trinajstić information content (AvgIpc) is 3.34. The average molecular weight is 432 g/mol. The van der Waals surface area contributed by atoms with E-state index in [0.717, 1.165) is 0 Å². The third kappa shape index (κ3) is 3.58. The van der Waals surface area contributed by atoms with Crippen molar-refractivity contribution >= 4 is 23.4 Å². The Morgan fingerprint density at radius 2 is 1.72 bits per heavy atom. The molecule has 0 atom stereocenters. The van der Waals surface area contributed by atoms with Gasteiger partial charge in [-0.2, -0.15) is 0 Å². The molecule has 2 aliphatic rings. The Kier molecular flexibility index (Phi) is 5.06. The normalized spacial score (nSPS) is 15.5. The van der Waals surface area contributed by atoms with Gasteiger partial charge in [0.1, 0.15) is 12.1 Å². The number of amides is 3. The molecule has 0 saturated carbocycles. The number of furan rings is 1. The lowest BCUT2D eigenvalue weighted by atomic mass is 10.2. The van der Waals surface area contributed by atoms with E-state index < -0.39 is 0 Å². The topological polar surface area (TPSA) is 96.2 Å². The number of para-hydroxylation sites is 2. The van der Waals surface area contributed by atoms with Crippen LogP contribution in [0.15, 0.2) is 65.4 Å². The van der Waals surface area contributed by atoms with E-state index >= 15 is 0 Å². The molecule has 3 aromatic rings.